The number of ether oxygens (including phenoxy) is 6. The van der Waals surface area contributed by atoms with Crippen LogP contribution in [0, 0.1) is 0 Å². The molecule has 3 aliphatic rings. The highest BCUT2D eigenvalue weighted by molar-refractivity contribution is 5.76. The van der Waals surface area contributed by atoms with Gasteiger partial charge in [-0.15, -0.1) is 0 Å². The number of hydrogen-bond acceptors (Lipinski definition) is 18. The van der Waals surface area contributed by atoms with E-state index in [4.69, 9.17) is 28.4 Å². The molecular formula is C67H111NO18. The number of aliphatic hydroxyl groups is 11. The van der Waals surface area contributed by atoms with Gasteiger partial charge in [0.15, 0.2) is 18.9 Å². The van der Waals surface area contributed by atoms with Crippen LogP contribution in [0.2, 0.25) is 0 Å². The molecule has 0 aliphatic carbocycles. The van der Waals surface area contributed by atoms with E-state index in [9.17, 15) is 61.0 Å². The Bertz CT molecular complexity index is 1990. The summed E-state index contributed by atoms with van der Waals surface area (Å²) >= 11 is 0. The maximum atomic E-state index is 13.3. The van der Waals surface area contributed by atoms with Gasteiger partial charge in [0, 0.05) is 6.42 Å². The highest BCUT2D eigenvalue weighted by Crippen LogP contribution is 2.33. The highest BCUT2D eigenvalue weighted by Gasteiger charge is 2.53. The minimum atomic E-state index is -1.98. The smallest absolute Gasteiger partial charge is 0.220 e. The lowest BCUT2D eigenvalue weighted by Crippen LogP contribution is -2.66. The fourth-order valence-electron chi connectivity index (χ4n) is 10.1. The maximum Gasteiger partial charge on any atom is 0.220 e. The van der Waals surface area contributed by atoms with Crippen LogP contribution in [-0.4, -0.2) is 193 Å². The van der Waals surface area contributed by atoms with Gasteiger partial charge in [0.25, 0.3) is 0 Å². The van der Waals surface area contributed by atoms with Gasteiger partial charge in [-0.1, -0.05) is 194 Å². The summed E-state index contributed by atoms with van der Waals surface area (Å²) in [6.45, 7) is 1.60. The van der Waals surface area contributed by atoms with Gasteiger partial charge >= 0.3 is 0 Å². The van der Waals surface area contributed by atoms with Gasteiger partial charge in [0.05, 0.1) is 38.6 Å². The van der Waals surface area contributed by atoms with Gasteiger partial charge in [0.2, 0.25) is 5.91 Å². The van der Waals surface area contributed by atoms with E-state index in [1.54, 1.807) is 0 Å². The average Bonchev–Trinajstić information content (AvgIpc) is 1.89. The van der Waals surface area contributed by atoms with Crippen LogP contribution in [0.15, 0.2) is 109 Å². The van der Waals surface area contributed by atoms with Crippen molar-refractivity contribution in [3.05, 3.63) is 109 Å². The SMILES string of the molecule is CC/C=C\C/C=C\C/C=C\C/C=C\C/C=C\C/C=C\C/C=C\C/C=C\C/C=C\CCCCCC(=O)NC(COC1OC(CO)C(OC2OC(CO)C(OC3OC(CO)C(O)C(O)C3O)C(O)C2O)C(O)C1O)C(O)CCCCCCCCCCCC. The molecule has 1 amide bonds. The van der Waals surface area contributed by atoms with Gasteiger partial charge < -0.3 is 89.9 Å². The maximum absolute atomic E-state index is 13.3. The van der Waals surface area contributed by atoms with Crippen LogP contribution < -0.4 is 5.32 Å². The molecule has 0 spiro atoms. The molecule has 0 saturated carbocycles. The first kappa shape index (κ1) is 76.7. The zero-order valence-corrected chi connectivity index (χ0v) is 51.5. The molecule has 3 fully saturated rings. The van der Waals surface area contributed by atoms with E-state index in [0.717, 1.165) is 103 Å². The van der Waals surface area contributed by atoms with Crippen LogP contribution >= 0.6 is 0 Å². The molecule has 86 heavy (non-hydrogen) atoms. The second-order valence-electron chi connectivity index (χ2n) is 22.5. The van der Waals surface area contributed by atoms with E-state index >= 15 is 0 Å². The predicted octanol–water partition coefficient (Wildman–Crippen LogP) is 7.10. The number of hydrogen-bond donors (Lipinski definition) is 12. The van der Waals surface area contributed by atoms with E-state index < -0.39 is 124 Å². The Hall–Kier alpha value is -3.55. The summed E-state index contributed by atoms with van der Waals surface area (Å²) in [5.74, 6) is -0.283. The van der Waals surface area contributed by atoms with Crippen LogP contribution in [0.3, 0.4) is 0 Å². The number of rotatable bonds is 46. The fourth-order valence-corrected chi connectivity index (χ4v) is 10.1. The lowest BCUT2D eigenvalue weighted by atomic mass is 9.96. The van der Waals surface area contributed by atoms with Crippen LogP contribution in [0.1, 0.15) is 174 Å². The molecule has 0 aromatic carbocycles. The molecule has 12 N–H and O–H groups in total. The zero-order chi connectivity index (χ0) is 62.6. The molecule has 0 radical (unpaired) electrons. The third-order valence-corrected chi connectivity index (χ3v) is 15.4. The Morgan fingerprint density at radius 2 is 0.802 bits per heavy atom. The number of allylic oxidation sites excluding steroid dienone is 18. The Morgan fingerprint density at radius 1 is 0.430 bits per heavy atom. The molecule has 0 bridgehead atoms. The fraction of sp³-hybridized carbons (Fsp3) is 0.716. The van der Waals surface area contributed by atoms with Crippen molar-refractivity contribution in [1.82, 2.24) is 5.32 Å². The first-order valence-corrected chi connectivity index (χ1v) is 32.1. The number of nitrogens with one attached hydrogen (secondary N) is 1. The summed E-state index contributed by atoms with van der Waals surface area (Å²) < 4.78 is 34.3. The molecule has 19 nitrogen and oxygen atoms in total. The van der Waals surface area contributed by atoms with Gasteiger partial charge in [-0.3, -0.25) is 4.79 Å². The van der Waals surface area contributed by atoms with Crippen molar-refractivity contribution < 1.29 is 89.4 Å². The van der Waals surface area contributed by atoms with Crippen molar-refractivity contribution in [3.8, 4) is 0 Å². The number of unbranched alkanes of at least 4 members (excludes halogenated alkanes) is 12. The molecule has 3 aliphatic heterocycles. The number of aliphatic hydroxyl groups excluding tert-OH is 11. The van der Waals surface area contributed by atoms with Crippen LogP contribution in [0.4, 0.5) is 0 Å². The van der Waals surface area contributed by atoms with Crippen molar-refractivity contribution in [3.63, 3.8) is 0 Å². The van der Waals surface area contributed by atoms with Crippen molar-refractivity contribution in [2.24, 2.45) is 0 Å². The molecule has 17 atom stereocenters. The van der Waals surface area contributed by atoms with E-state index in [1.807, 2.05) is 0 Å². The lowest BCUT2D eigenvalue weighted by Gasteiger charge is -2.48. The summed E-state index contributed by atoms with van der Waals surface area (Å²) in [4.78, 5) is 13.3. The van der Waals surface area contributed by atoms with E-state index in [0.29, 0.717) is 19.3 Å². The molecule has 3 heterocycles. The number of carbonyl (C=O) groups is 1. The molecule has 492 valence electrons. The standard InChI is InChI=1S/C67H111NO18/c1-3-5-7-9-11-13-15-16-17-18-19-20-21-22-23-24-25-26-27-28-29-30-31-32-33-34-35-37-39-41-43-45-55(73)68-50(51(72)44-42-40-38-36-14-12-10-8-6-4-2)49-81-65-61(79)58(76)63(53(47-70)83-65)86-67-62(80)59(77)64(54(48-71)84-67)85-66-60(78)57(75)56(74)52(46-69)82-66/h5,7,11,13,16-17,19-20,22-23,25-26,28-29,31-32,34-35,50-54,56-67,69-72,74-80H,3-4,6,8-10,12,14-15,18,21,24,27,30,33,36-49H2,1-2H3,(H,68,73)/b7-5-,13-11-,17-16-,20-19-,23-22-,26-25-,29-28-,32-31-,35-34-. The first-order chi connectivity index (χ1) is 41.8. The molecular weight excluding hydrogens is 1110 g/mol. The molecule has 0 aromatic heterocycles. The summed E-state index contributed by atoms with van der Waals surface area (Å²) in [7, 11) is 0. The summed E-state index contributed by atoms with van der Waals surface area (Å²) in [5.41, 5.74) is 0. The quantitative estimate of drug-likeness (QED) is 0.0214. The minimum Gasteiger partial charge on any atom is -0.394 e. The molecule has 3 saturated heterocycles. The average molecular weight is 1220 g/mol. The molecule has 3 rings (SSSR count). The lowest BCUT2D eigenvalue weighted by molar-refractivity contribution is -0.379. The molecule has 19 heteroatoms. The Labute approximate surface area is 513 Å². The zero-order valence-electron chi connectivity index (χ0n) is 51.5. The second kappa shape index (κ2) is 48.3. The van der Waals surface area contributed by atoms with Crippen LogP contribution in [-0.2, 0) is 33.2 Å². The summed E-state index contributed by atoms with van der Waals surface area (Å²) in [6, 6.07) is -0.912. The Kier molecular flexibility index (Phi) is 43.1. The number of amides is 1. The minimum absolute atomic E-state index is 0.218. The Morgan fingerprint density at radius 3 is 1.24 bits per heavy atom. The van der Waals surface area contributed by atoms with Crippen molar-refractivity contribution in [1.29, 1.82) is 0 Å². The van der Waals surface area contributed by atoms with Crippen molar-refractivity contribution >= 4 is 5.91 Å². The van der Waals surface area contributed by atoms with Crippen molar-refractivity contribution in [2.45, 2.75) is 279 Å². The first-order valence-electron chi connectivity index (χ1n) is 32.1. The van der Waals surface area contributed by atoms with E-state index in [2.05, 4.69) is 129 Å². The van der Waals surface area contributed by atoms with Crippen LogP contribution in [0.5, 0.6) is 0 Å². The summed E-state index contributed by atoms with van der Waals surface area (Å²) in [6.07, 6.45) is 36.2. The van der Waals surface area contributed by atoms with Gasteiger partial charge in [0.1, 0.15) is 73.2 Å². The van der Waals surface area contributed by atoms with E-state index in [-0.39, 0.29) is 18.9 Å². The Balaban J connectivity index is 1.41. The summed E-state index contributed by atoms with van der Waals surface area (Å²) in [5, 5.41) is 120. The largest absolute Gasteiger partial charge is 0.394 e. The van der Waals surface area contributed by atoms with E-state index in [1.165, 1.54) is 32.1 Å². The van der Waals surface area contributed by atoms with Crippen LogP contribution in [0.25, 0.3) is 0 Å². The number of carbonyl (C=O) groups excluding carboxylic acids is 1. The molecule has 17 unspecified atom stereocenters. The predicted molar refractivity (Wildman–Crippen MR) is 332 cm³/mol. The third kappa shape index (κ3) is 30.8. The molecule has 0 aromatic rings. The topological polar surface area (TPSA) is 307 Å². The highest BCUT2D eigenvalue weighted by atomic mass is 16.8. The second-order valence-corrected chi connectivity index (χ2v) is 22.5. The van der Waals surface area contributed by atoms with Gasteiger partial charge in [-0.25, -0.2) is 0 Å². The van der Waals surface area contributed by atoms with Gasteiger partial charge in [-0.2, -0.15) is 0 Å². The van der Waals surface area contributed by atoms with Gasteiger partial charge in [-0.05, 0) is 83.5 Å². The third-order valence-electron chi connectivity index (χ3n) is 15.4. The van der Waals surface area contributed by atoms with Crippen molar-refractivity contribution in [2.75, 3.05) is 26.4 Å². The monoisotopic (exact) mass is 1220 g/mol. The normalized spacial score (nSPS) is 29.5.